The number of carbonyl (C=O) groups is 1. The number of rotatable bonds is 5. The van der Waals surface area contributed by atoms with Crippen molar-refractivity contribution in [3.05, 3.63) is 56.0 Å². The van der Waals surface area contributed by atoms with Crippen molar-refractivity contribution in [2.75, 3.05) is 18.0 Å². The van der Waals surface area contributed by atoms with E-state index in [1.807, 2.05) is 11.0 Å². The van der Waals surface area contributed by atoms with Gasteiger partial charge in [0.05, 0.1) is 24.7 Å². The molecule has 1 saturated heterocycles. The standard InChI is InChI=1S/C28H32FN7O4/c1-6-7-13-35-22-23(32-25(35)34-12-8-9-20(17-34)31-26(38)40-28(2,3)4)33(5)27(39)36(24(22)37)16-19-11-10-18(15-30)14-21(19)29/h10-11,14,20H,8-9,12-13,16-17H2,1-5H3,(H,31,38)/t20-/m1/s1. The van der Waals surface area contributed by atoms with Gasteiger partial charge in [-0.1, -0.05) is 12.0 Å². The summed E-state index contributed by atoms with van der Waals surface area (Å²) in [6.45, 7) is 7.93. The first-order chi connectivity index (χ1) is 18.9. The van der Waals surface area contributed by atoms with Crippen molar-refractivity contribution in [3.8, 4) is 17.9 Å². The summed E-state index contributed by atoms with van der Waals surface area (Å²) >= 11 is 0. The number of alkyl carbamates (subject to hydrolysis) is 1. The van der Waals surface area contributed by atoms with Crippen molar-refractivity contribution in [2.45, 2.75) is 65.3 Å². The average Bonchev–Trinajstić information content (AvgIpc) is 3.28. The quantitative estimate of drug-likeness (QED) is 0.485. The van der Waals surface area contributed by atoms with Crippen LogP contribution in [0.1, 0.15) is 51.7 Å². The van der Waals surface area contributed by atoms with Crippen LogP contribution >= 0.6 is 0 Å². The second kappa shape index (κ2) is 11.3. The zero-order chi connectivity index (χ0) is 29.2. The van der Waals surface area contributed by atoms with Gasteiger partial charge in [-0.25, -0.2) is 14.0 Å². The Balaban J connectivity index is 1.76. The number of piperidine rings is 1. The maximum Gasteiger partial charge on any atom is 0.407 e. The number of amides is 1. The lowest BCUT2D eigenvalue weighted by molar-refractivity contribution is 0.0499. The molecule has 1 N–H and O–H groups in total. The number of ether oxygens (including phenoxy) is 1. The first kappa shape index (κ1) is 28.4. The summed E-state index contributed by atoms with van der Waals surface area (Å²) in [5.41, 5.74) is -1.32. The summed E-state index contributed by atoms with van der Waals surface area (Å²) in [5.74, 6) is 5.57. The van der Waals surface area contributed by atoms with Gasteiger partial charge >= 0.3 is 11.8 Å². The van der Waals surface area contributed by atoms with E-state index in [0.29, 0.717) is 19.0 Å². The molecule has 3 aromatic rings. The topological polar surface area (TPSA) is 127 Å². The van der Waals surface area contributed by atoms with Crippen molar-refractivity contribution in [2.24, 2.45) is 7.05 Å². The van der Waals surface area contributed by atoms with Crippen LogP contribution in [0, 0.1) is 29.0 Å². The highest BCUT2D eigenvalue weighted by Crippen LogP contribution is 2.24. The first-order valence-electron chi connectivity index (χ1n) is 13.0. The van der Waals surface area contributed by atoms with E-state index in [-0.39, 0.29) is 41.4 Å². The van der Waals surface area contributed by atoms with Crippen molar-refractivity contribution < 1.29 is 13.9 Å². The number of halogens is 1. The third kappa shape index (κ3) is 5.86. The Labute approximate surface area is 230 Å². The van der Waals surface area contributed by atoms with Crippen LogP contribution in [-0.4, -0.2) is 49.5 Å². The van der Waals surface area contributed by atoms with Gasteiger partial charge in [0.2, 0.25) is 5.95 Å². The maximum atomic E-state index is 14.7. The fourth-order valence-electron chi connectivity index (χ4n) is 4.72. The number of nitrogens with one attached hydrogen (secondary N) is 1. The van der Waals surface area contributed by atoms with Crippen LogP contribution in [0.3, 0.4) is 0 Å². The molecule has 1 amide bonds. The van der Waals surface area contributed by atoms with E-state index >= 15 is 0 Å². The van der Waals surface area contributed by atoms with Gasteiger partial charge in [0.25, 0.3) is 5.56 Å². The molecule has 0 spiro atoms. The lowest BCUT2D eigenvalue weighted by atomic mass is 10.1. The van der Waals surface area contributed by atoms with E-state index in [4.69, 9.17) is 10.00 Å². The Morgan fingerprint density at radius 3 is 2.67 bits per heavy atom. The van der Waals surface area contributed by atoms with Crippen molar-refractivity contribution >= 4 is 23.2 Å². The number of imidazole rings is 1. The number of hydrogen-bond donors (Lipinski definition) is 1. The highest BCUT2D eigenvalue weighted by atomic mass is 19.1. The summed E-state index contributed by atoms with van der Waals surface area (Å²) in [5, 5.41) is 11.9. The van der Waals surface area contributed by atoms with E-state index in [2.05, 4.69) is 22.1 Å². The molecular formula is C28H32FN7O4. The molecule has 11 nitrogen and oxygen atoms in total. The molecule has 0 radical (unpaired) electrons. The summed E-state index contributed by atoms with van der Waals surface area (Å²) in [6, 6.07) is 5.55. The molecule has 1 atom stereocenters. The highest BCUT2D eigenvalue weighted by molar-refractivity contribution is 5.75. The molecule has 0 aliphatic carbocycles. The van der Waals surface area contributed by atoms with Crippen molar-refractivity contribution in [1.29, 1.82) is 5.26 Å². The largest absolute Gasteiger partial charge is 0.444 e. The predicted molar refractivity (Wildman–Crippen MR) is 148 cm³/mol. The third-order valence-electron chi connectivity index (χ3n) is 6.56. The van der Waals surface area contributed by atoms with Gasteiger partial charge in [-0.05, 0) is 52.7 Å². The number of anilines is 1. The molecule has 12 heteroatoms. The Morgan fingerprint density at radius 1 is 1.27 bits per heavy atom. The molecule has 1 aliphatic heterocycles. The number of benzene rings is 1. The smallest absolute Gasteiger partial charge is 0.407 e. The normalized spacial score (nSPS) is 15.3. The number of nitriles is 1. The fourth-order valence-corrected chi connectivity index (χ4v) is 4.72. The molecule has 0 saturated carbocycles. The minimum Gasteiger partial charge on any atom is -0.444 e. The Hall–Kier alpha value is -4.58. The van der Waals surface area contributed by atoms with Crippen LogP contribution in [0.5, 0.6) is 0 Å². The summed E-state index contributed by atoms with van der Waals surface area (Å²) < 4.78 is 23.9. The maximum absolute atomic E-state index is 14.7. The van der Waals surface area contributed by atoms with Crippen LogP contribution < -0.4 is 21.5 Å². The molecule has 1 fully saturated rings. The number of hydrogen-bond acceptors (Lipinski definition) is 7. The van der Waals surface area contributed by atoms with Gasteiger partial charge in [0, 0.05) is 31.7 Å². The van der Waals surface area contributed by atoms with E-state index in [1.165, 1.54) is 23.7 Å². The molecule has 1 aromatic carbocycles. The van der Waals surface area contributed by atoms with Gasteiger partial charge in [-0.3, -0.25) is 18.5 Å². The first-order valence-corrected chi connectivity index (χ1v) is 13.0. The van der Waals surface area contributed by atoms with Crippen LogP contribution in [0.15, 0.2) is 27.8 Å². The van der Waals surface area contributed by atoms with Crippen LogP contribution in [0.4, 0.5) is 15.1 Å². The minimum absolute atomic E-state index is 0.101. The molecule has 4 rings (SSSR count). The van der Waals surface area contributed by atoms with E-state index in [9.17, 15) is 18.8 Å². The van der Waals surface area contributed by atoms with Gasteiger partial charge < -0.3 is 15.0 Å². The molecule has 3 heterocycles. The number of aryl methyl sites for hydroxylation is 1. The van der Waals surface area contributed by atoms with Gasteiger partial charge in [-0.2, -0.15) is 10.2 Å². The monoisotopic (exact) mass is 549 g/mol. The zero-order valence-electron chi connectivity index (χ0n) is 23.2. The number of carbonyl (C=O) groups excluding carboxylic acids is 1. The lowest BCUT2D eigenvalue weighted by Gasteiger charge is -2.34. The summed E-state index contributed by atoms with van der Waals surface area (Å²) in [7, 11) is 1.51. The minimum atomic E-state index is -0.684. The molecule has 40 heavy (non-hydrogen) atoms. The average molecular weight is 550 g/mol. The second-order valence-electron chi connectivity index (χ2n) is 10.7. The number of nitrogens with zero attached hydrogens (tertiary/aromatic N) is 6. The van der Waals surface area contributed by atoms with E-state index in [0.717, 1.165) is 23.5 Å². The van der Waals surface area contributed by atoms with Crippen LogP contribution in [0.2, 0.25) is 0 Å². The summed E-state index contributed by atoms with van der Waals surface area (Å²) in [6.07, 6.45) is 0.987. The van der Waals surface area contributed by atoms with Gasteiger partial charge in [0.1, 0.15) is 11.4 Å². The zero-order valence-corrected chi connectivity index (χ0v) is 23.2. The molecule has 2 aromatic heterocycles. The van der Waals surface area contributed by atoms with E-state index in [1.54, 1.807) is 32.3 Å². The van der Waals surface area contributed by atoms with Crippen LogP contribution in [-0.2, 0) is 24.9 Å². The number of aromatic nitrogens is 4. The van der Waals surface area contributed by atoms with Crippen molar-refractivity contribution in [1.82, 2.24) is 24.0 Å². The van der Waals surface area contributed by atoms with Crippen molar-refractivity contribution in [3.63, 3.8) is 0 Å². The lowest BCUT2D eigenvalue weighted by Crippen LogP contribution is -2.49. The molecular weight excluding hydrogens is 517 g/mol. The number of fused-ring (bicyclic) bond motifs is 1. The Morgan fingerprint density at radius 2 is 2.02 bits per heavy atom. The molecule has 0 unspecified atom stereocenters. The Kier molecular flexibility index (Phi) is 8.01. The van der Waals surface area contributed by atoms with Gasteiger partial charge in [0.15, 0.2) is 11.2 Å². The highest BCUT2D eigenvalue weighted by Gasteiger charge is 2.29. The molecule has 210 valence electrons. The SMILES string of the molecule is CC#CCn1c(N2CCC[C@@H](NC(=O)OC(C)(C)C)C2)nc2c1c(=O)n(Cc1ccc(C#N)cc1F)c(=O)n2C. The summed E-state index contributed by atoms with van der Waals surface area (Å²) in [4.78, 5) is 46.0. The van der Waals surface area contributed by atoms with Gasteiger partial charge in [-0.15, -0.1) is 5.92 Å². The molecule has 0 bridgehead atoms. The van der Waals surface area contributed by atoms with Crippen LogP contribution in [0.25, 0.3) is 11.2 Å². The fraction of sp³-hybridized carbons (Fsp3) is 0.464. The van der Waals surface area contributed by atoms with E-state index < -0.39 is 28.8 Å². The molecule has 1 aliphatic rings. The third-order valence-corrected chi connectivity index (χ3v) is 6.56. The Bertz CT molecular complexity index is 1680. The second-order valence-corrected chi connectivity index (χ2v) is 10.7. The predicted octanol–water partition coefficient (Wildman–Crippen LogP) is 2.47.